The van der Waals surface area contributed by atoms with Crippen molar-refractivity contribution in [3.05, 3.63) is 81.8 Å². The smallest absolute Gasteiger partial charge is 0.255 e. The summed E-state index contributed by atoms with van der Waals surface area (Å²) in [4.78, 5) is 32.2. The van der Waals surface area contributed by atoms with Crippen molar-refractivity contribution in [1.82, 2.24) is 9.55 Å². The first-order chi connectivity index (χ1) is 15.0. The van der Waals surface area contributed by atoms with E-state index in [0.717, 1.165) is 18.7 Å². The van der Waals surface area contributed by atoms with Crippen molar-refractivity contribution in [2.75, 3.05) is 23.4 Å². The summed E-state index contributed by atoms with van der Waals surface area (Å²) in [6.45, 7) is 5.60. The number of aromatic nitrogens is 2. The number of aryl methyl sites for hydroxylation is 1. The number of hydrogen-bond donors (Lipinski definition) is 1. The van der Waals surface area contributed by atoms with Gasteiger partial charge in [0.05, 0.1) is 6.61 Å². The lowest BCUT2D eigenvalue weighted by atomic mass is 10.0. The lowest BCUT2D eigenvalue weighted by Crippen LogP contribution is -2.38. The Labute approximate surface area is 181 Å². The van der Waals surface area contributed by atoms with Crippen LogP contribution in [0.3, 0.4) is 0 Å². The molecule has 0 unspecified atom stereocenters. The van der Waals surface area contributed by atoms with E-state index in [-0.39, 0.29) is 18.0 Å². The molecule has 0 aliphatic carbocycles. The number of amides is 1. The largest absolute Gasteiger partial charge is 0.494 e. The van der Waals surface area contributed by atoms with E-state index in [1.54, 1.807) is 31.2 Å². The van der Waals surface area contributed by atoms with Crippen molar-refractivity contribution in [2.45, 2.75) is 33.4 Å². The number of nitrogens with one attached hydrogen (secondary N) is 1. The molecule has 0 atom stereocenters. The second kappa shape index (κ2) is 9.04. The lowest BCUT2D eigenvalue weighted by molar-refractivity contribution is -0.116. The average molecular weight is 418 g/mol. The Bertz CT molecular complexity index is 1140. The minimum Gasteiger partial charge on any atom is -0.494 e. The van der Waals surface area contributed by atoms with Crippen molar-refractivity contribution in [3.63, 3.8) is 0 Å². The molecule has 0 radical (unpaired) electrons. The minimum atomic E-state index is -0.282. The van der Waals surface area contributed by atoms with Crippen molar-refractivity contribution < 1.29 is 9.53 Å². The molecule has 0 fully saturated rings. The van der Waals surface area contributed by atoms with Crippen LogP contribution in [-0.4, -0.2) is 28.6 Å². The van der Waals surface area contributed by atoms with E-state index in [1.807, 2.05) is 19.1 Å². The van der Waals surface area contributed by atoms with Gasteiger partial charge in [-0.1, -0.05) is 24.3 Å². The molecule has 31 heavy (non-hydrogen) atoms. The van der Waals surface area contributed by atoms with Crippen molar-refractivity contribution in [1.29, 1.82) is 0 Å². The molecule has 160 valence electrons. The number of ether oxygens (including phenoxy) is 1. The minimum absolute atomic E-state index is 0.104. The Morgan fingerprint density at radius 1 is 1.13 bits per heavy atom. The highest BCUT2D eigenvalue weighted by Crippen LogP contribution is 2.23. The number of anilines is 2. The Kier molecular flexibility index (Phi) is 6.02. The third-order valence-corrected chi connectivity index (χ3v) is 5.28. The first kappa shape index (κ1) is 20.7. The van der Waals surface area contributed by atoms with Crippen LogP contribution in [0, 0.1) is 6.92 Å². The van der Waals surface area contributed by atoms with Gasteiger partial charge in [0.15, 0.2) is 0 Å². The summed E-state index contributed by atoms with van der Waals surface area (Å²) < 4.78 is 6.87. The van der Waals surface area contributed by atoms with Gasteiger partial charge in [-0.25, -0.2) is 4.98 Å². The van der Waals surface area contributed by atoms with Crippen LogP contribution >= 0.6 is 0 Å². The van der Waals surface area contributed by atoms with Crippen LogP contribution in [0.5, 0.6) is 5.75 Å². The fourth-order valence-corrected chi connectivity index (χ4v) is 3.81. The molecule has 7 heteroatoms. The normalized spacial score (nSPS) is 12.9. The zero-order chi connectivity index (χ0) is 21.8. The van der Waals surface area contributed by atoms with Gasteiger partial charge in [-0.3, -0.25) is 14.2 Å². The number of fused-ring (bicyclic) bond motifs is 1. The van der Waals surface area contributed by atoms with Gasteiger partial charge in [-0.15, -0.1) is 0 Å². The number of rotatable bonds is 6. The average Bonchev–Trinajstić information content (AvgIpc) is 2.76. The van der Waals surface area contributed by atoms with E-state index in [9.17, 15) is 9.59 Å². The molecular formula is C24H26N4O3. The number of benzene rings is 2. The molecule has 1 amide bonds. The van der Waals surface area contributed by atoms with Gasteiger partial charge in [0, 0.05) is 30.5 Å². The van der Waals surface area contributed by atoms with Gasteiger partial charge in [0.1, 0.15) is 12.3 Å². The van der Waals surface area contributed by atoms with Gasteiger partial charge >= 0.3 is 0 Å². The molecule has 1 aromatic heterocycles. The number of carbonyl (C=O) groups excluding carboxylic acids is 1. The van der Waals surface area contributed by atoms with Crippen LogP contribution in [-0.2, 0) is 24.3 Å². The standard InChI is InChI=1S/C24H26N4O3/c1-3-31-21-10-8-20(9-11-21)26-22(29)16-28-23(30)14-17(2)25-24(28)27-13-12-18-6-4-5-7-19(18)15-27/h4-11,14H,3,12-13,15-16H2,1-2H3,(H,26,29). The molecule has 4 rings (SSSR count). The zero-order valence-electron chi connectivity index (χ0n) is 17.8. The number of nitrogens with zero attached hydrogens (tertiary/aromatic N) is 3. The second-order valence-electron chi connectivity index (χ2n) is 7.57. The topological polar surface area (TPSA) is 76.5 Å². The van der Waals surface area contributed by atoms with E-state index in [0.29, 0.717) is 30.5 Å². The van der Waals surface area contributed by atoms with Crippen LogP contribution in [0.2, 0.25) is 0 Å². The molecule has 0 spiro atoms. The van der Waals surface area contributed by atoms with Crippen molar-refractivity contribution >= 4 is 17.5 Å². The van der Waals surface area contributed by atoms with Crippen molar-refractivity contribution in [2.24, 2.45) is 0 Å². The molecule has 7 nitrogen and oxygen atoms in total. The summed E-state index contributed by atoms with van der Waals surface area (Å²) in [5, 5.41) is 2.85. The third kappa shape index (κ3) is 4.77. The van der Waals surface area contributed by atoms with E-state index in [4.69, 9.17) is 4.74 Å². The zero-order valence-corrected chi connectivity index (χ0v) is 17.8. The van der Waals surface area contributed by atoms with Gasteiger partial charge in [0.25, 0.3) is 5.56 Å². The summed E-state index contributed by atoms with van der Waals surface area (Å²) in [7, 11) is 0. The van der Waals surface area contributed by atoms with E-state index in [2.05, 4.69) is 27.3 Å². The van der Waals surface area contributed by atoms with Crippen LogP contribution in [0.15, 0.2) is 59.4 Å². The van der Waals surface area contributed by atoms with Crippen LogP contribution in [0.25, 0.3) is 0 Å². The highest BCUT2D eigenvalue weighted by molar-refractivity contribution is 5.90. The van der Waals surface area contributed by atoms with Gasteiger partial charge in [0.2, 0.25) is 11.9 Å². The predicted octanol–water partition coefficient (Wildman–Crippen LogP) is 3.15. The summed E-state index contributed by atoms with van der Waals surface area (Å²) in [5.74, 6) is 0.990. The third-order valence-electron chi connectivity index (χ3n) is 5.28. The Balaban J connectivity index is 1.54. The highest BCUT2D eigenvalue weighted by Gasteiger charge is 2.22. The number of carbonyl (C=O) groups is 1. The molecular weight excluding hydrogens is 392 g/mol. The van der Waals surface area contributed by atoms with Crippen LogP contribution in [0.1, 0.15) is 23.7 Å². The van der Waals surface area contributed by atoms with Gasteiger partial charge in [-0.2, -0.15) is 0 Å². The molecule has 2 aromatic carbocycles. The Morgan fingerprint density at radius 3 is 2.61 bits per heavy atom. The van der Waals surface area contributed by atoms with E-state index < -0.39 is 0 Å². The summed E-state index contributed by atoms with van der Waals surface area (Å²) >= 11 is 0. The molecule has 2 heterocycles. The monoisotopic (exact) mass is 418 g/mol. The molecule has 1 N–H and O–H groups in total. The molecule has 0 bridgehead atoms. The van der Waals surface area contributed by atoms with Crippen LogP contribution < -0.4 is 20.5 Å². The van der Waals surface area contributed by atoms with Crippen molar-refractivity contribution in [3.8, 4) is 5.75 Å². The quantitative estimate of drug-likeness (QED) is 0.666. The first-order valence-corrected chi connectivity index (χ1v) is 10.5. The fraction of sp³-hybridized carbons (Fsp3) is 0.292. The Morgan fingerprint density at radius 2 is 1.87 bits per heavy atom. The molecule has 0 saturated heterocycles. The maximum absolute atomic E-state index is 12.8. The number of hydrogen-bond acceptors (Lipinski definition) is 5. The predicted molar refractivity (Wildman–Crippen MR) is 121 cm³/mol. The second-order valence-corrected chi connectivity index (χ2v) is 7.57. The summed E-state index contributed by atoms with van der Waals surface area (Å²) in [5.41, 5.74) is 3.59. The molecule has 0 saturated carbocycles. The summed E-state index contributed by atoms with van der Waals surface area (Å²) in [6, 6.07) is 16.9. The fourth-order valence-electron chi connectivity index (χ4n) is 3.81. The van der Waals surface area contributed by atoms with Crippen LogP contribution in [0.4, 0.5) is 11.6 Å². The molecule has 1 aliphatic rings. The summed E-state index contributed by atoms with van der Waals surface area (Å²) in [6.07, 6.45) is 0.873. The molecule has 1 aliphatic heterocycles. The maximum Gasteiger partial charge on any atom is 0.255 e. The SMILES string of the molecule is CCOc1ccc(NC(=O)Cn2c(N3CCc4ccccc4C3)nc(C)cc2=O)cc1. The highest BCUT2D eigenvalue weighted by atomic mass is 16.5. The Hall–Kier alpha value is -3.61. The van der Waals surface area contributed by atoms with E-state index in [1.165, 1.54) is 21.8 Å². The first-order valence-electron chi connectivity index (χ1n) is 10.5. The van der Waals surface area contributed by atoms with E-state index >= 15 is 0 Å². The van der Waals surface area contributed by atoms with Gasteiger partial charge < -0.3 is 15.0 Å². The van der Waals surface area contributed by atoms with Gasteiger partial charge in [-0.05, 0) is 55.7 Å². The lowest BCUT2D eigenvalue weighted by Gasteiger charge is -2.31. The maximum atomic E-state index is 12.8. The molecule has 3 aromatic rings.